The van der Waals surface area contributed by atoms with Gasteiger partial charge < -0.3 is 14.7 Å². The number of hydrogen-bond donors (Lipinski definition) is 1. The third-order valence-electron chi connectivity index (χ3n) is 3.31. The van der Waals surface area contributed by atoms with Crippen molar-refractivity contribution in [2.24, 2.45) is 0 Å². The number of benzene rings is 1. The summed E-state index contributed by atoms with van der Waals surface area (Å²) in [4.78, 5) is 26.0. The van der Waals surface area contributed by atoms with Gasteiger partial charge in [0.2, 0.25) is 5.91 Å². The van der Waals surface area contributed by atoms with Crippen LogP contribution in [0.15, 0.2) is 40.9 Å². The Bertz CT molecular complexity index is 702. The minimum atomic E-state index is -0.339. The van der Waals surface area contributed by atoms with Crippen LogP contribution in [0.5, 0.6) is 0 Å². The van der Waals surface area contributed by atoms with Crippen molar-refractivity contribution in [2.45, 2.75) is 33.2 Å². The van der Waals surface area contributed by atoms with Gasteiger partial charge in [-0.05, 0) is 27.7 Å². The van der Waals surface area contributed by atoms with Gasteiger partial charge >= 0.3 is 0 Å². The Kier molecular flexibility index (Phi) is 5.39. The molecule has 0 radical (unpaired) electrons. The second kappa shape index (κ2) is 7.29. The van der Waals surface area contributed by atoms with Crippen LogP contribution in [0.25, 0.3) is 11.3 Å². The molecule has 1 N–H and O–H groups in total. The van der Waals surface area contributed by atoms with E-state index in [1.165, 1.54) is 4.90 Å². The van der Waals surface area contributed by atoms with E-state index in [0.717, 1.165) is 5.56 Å². The van der Waals surface area contributed by atoms with Gasteiger partial charge in [-0.1, -0.05) is 35.5 Å². The van der Waals surface area contributed by atoms with Crippen molar-refractivity contribution in [3.8, 4) is 11.3 Å². The van der Waals surface area contributed by atoms with Crippen LogP contribution in [0.3, 0.4) is 0 Å². The molecule has 0 aliphatic heterocycles. The quantitative estimate of drug-likeness (QED) is 0.915. The molecule has 24 heavy (non-hydrogen) atoms. The van der Waals surface area contributed by atoms with Gasteiger partial charge in [-0.3, -0.25) is 9.59 Å². The van der Waals surface area contributed by atoms with E-state index in [1.807, 2.05) is 58.0 Å². The lowest BCUT2D eigenvalue weighted by Crippen LogP contribution is -2.47. The maximum Gasteiger partial charge on any atom is 0.276 e. The Morgan fingerprint density at radius 2 is 1.88 bits per heavy atom. The second-order valence-electron chi connectivity index (χ2n) is 6.56. The second-order valence-corrected chi connectivity index (χ2v) is 6.56. The summed E-state index contributed by atoms with van der Waals surface area (Å²) in [6, 6.07) is 11.0. The first-order valence-electron chi connectivity index (χ1n) is 7.92. The van der Waals surface area contributed by atoms with Crippen LogP contribution in [0.2, 0.25) is 0 Å². The van der Waals surface area contributed by atoms with Crippen LogP contribution in [-0.4, -0.2) is 40.5 Å². The zero-order chi connectivity index (χ0) is 17.7. The molecule has 1 aromatic carbocycles. The average Bonchev–Trinajstić information content (AvgIpc) is 3.01. The maximum absolute atomic E-state index is 12.5. The van der Waals surface area contributed by atoms with Crippen molar-refractivity contribution in [1.29, 1.82) is 0 Å². The summed E-state index contributed by atoms with van der Waals surface area (Å²) < 4.78 is 5.25. The molecule has 6 heteroatoms. The van der Waals surface area contributed by atoms with Gasteiger partial charge in [-0.2, -0.15) is 0 Å². The number of aromatic nitrogens is 1. The molecule has 1 aromatic heterocycles. The Balaban J connectivity index is 2.09. The van der Waals surface area contributed by atoms with Crippen LogP contribution in [-0.2, 0) is 4.79 Å². The van der Waals surface area contributed by atoms with E-state index < -0.39 is 0 Å². The van der Waals surface area contributed by atoms with Gasteiger partial charge in [0.15, 0.2) is 11.5 Å². The summed E-state index contributed by atoms with van der Waals surface area (Å²) in [5, 5.41) is 6.69. The lowest BCUT2D eigenvalue weighted by atomic mass is 10.1. The Labute approximate surface area is 141 Å². The predicted octanol–water partition coefficient (Wildman–Crippen LogP) is 2.72. The molecule has 0 aliphatic rings. The zero-order valence-electron chi connectivity index (χ0n) is 14.5. The van der Waals surface area contributed by atoms with E-state index in [0.29, 0.717) is 12.3 Å². The van der Waals surface area contributed by atoms with Gasteiger partial charge in [-0.25, -0.2) is 0 Å². The minimum Gasteiger partial charge on any atom is -0.355 e. The normalized spacial score (nSPS) is 11.2. The third kappa shape index (κ3) is 4.68. The molecular weight excluding hydrogens is 306 g/mol. The summed E-state index contributed by atoms with van der Waals surface area (Å²) in [6.45, 7) is 7.90. The number of rotatable bonds is 5. The molecule has 0 saturated carbocycles. The minimum absolute atomic E-state index is 0.0138. The molecule has 2 rings (SSSR count). The lowest BCUT2D eigenvalue weighted by Gasteiger charge is -2.24. The Morgan fingerprint density at radius 1 is 1.21 bits per heavy atom. The topological polar surface area (TPSA) is 75.4 Å². The number of hydrogen-bond acceptors (Lipinski definition) is 4. The SMILES string of the molecule is CCN(CC(=O)NC(C)(C)C)C(=O)c1cc(-c2ccccc2)on1. The number of nitrogens with zero attached hydrogens (tertiary/aromatic N) is 2. The smallest absolute Gasteiger partial charge is 0.276 e. The summed E-state index contributed by atoms with van der Waals surface area (Å²) in [5.74, 6) is -0.00823. The third-order valence-corrected chi connectivity index (χ3v) is 3.31. The highest BCUT2D eigenvalue weighted by Crippen LogP contribution is 2.20. The van der Waals surface area contributed by atoms with Crippen molar-refractivity contribution in [1.82, 2.24) is 15.4 Å². The van der Waals surface area contributed by atoms with Gasteiger partial charge in [0.05, 0.1) is 6.54 Å². The summed E-state index contributed by atoms with van der Waals surface area (Å²) in [7, 11) is 0. The molecule has 0 fully saturated rings. The fourth-order valence-corrected chi connectivity index (χ4v) is 2.23. The zero-order valence-corrected chi connectivity index (χ0v) is 14.5. The Morgan fingerprint density at radius 3 is 2.46 bits per heavy atom. The van der Waals surface area contributed by atoms with Crippen molar-refractivity contribution >= 4 is 11.8 Å². The van der Waals surface area contributed by atoms with Crippen LogP contribution in [0.4, 0.5) is 0 Å². The van der Waals surface area contributed by atoms with Crippen molar-refractivity contribution in [3.05, 3.63) is 42.1 Å². The number of carbonyl (C=O) groups is 2. The Hall–Kier alpha value is -2.63. The maximum atomic E-state index is 12.5. The highest BCUT2D eigenvalue weighted by atomic mass is 16.5. The molecule has 1 heterocycles. The molecule has 6 nitrogen and oxygen atoms in total. The van der Waals surface area contributed by atoms with E-state index in [1.54, 1.807) is 6.07 Å². The highest BCUT2D eigenvalue weighted by Gasteiger charge is 2.23. The molecule has 2 amide bonds. The monoisotopic (exact) mass is 329 g/mol. The van der Waals surface area contributed by atoms with Crippen LogP contribution < -0.4 is 5.32 Å². The van der Waals surface area contributed by atoms with Gasteiger partial charge in [0.25, 0.3) is 5.91 Å². The summed E-state index contributed by atoms with van der Waals surface area (Å²) in [6.07, 6.45) is 0. The largest absolute Gasteiger partial charge is 0.355 e. The molecule has 0 atom stereocenters. The molecule has 128 valence electrons. The summed E-state index contributed by atoms with van der Waals surface area (Å²) >= 11 is 0. The number of likely N-dealkylation sites (N-methyl/N-ethyl adjacent to an activating group) is 1. The summed E-state index contributed by atoms with van der Waals surface area (Å²) in [5.41, 5.74) is 0.699. The van der Waals surface area contributed by atoms with E-state index >= 15 is 0 Å². The van der Waals surface area contributed by atoms with Crippen LogP contribution in [0.1, 0.15) is 38.2 Å². The lowest BCUT2D eigenvalue weighted by molar-refractivity contribution is -0.123. The first-order chi connectivity index (χ1) is 11.3. The van der Waals surface area contributed by atoms with Gasteiger partial charge in [-0.15, -0.1) is 0 Å². The highest BCUT2D eigenvalue weighted by molar-refractivity contribution is 5.95. The molecule has 0 bridgehead atoms. The fourth-order valence-electron chi connectivity index (χ4n) is 2.23. The van der Waals surface area contributed by atoms with E-state index in [4.69, 9.17) is 4.52 Å². The fraction of sp³-hybridized carbons (Fsp3) is 0.389. The number of amides is 2. The van der Waals surface area contributed by atoms with Crippen LogP contribution in [0, 0.1) is 0 Å². The van der Waals surface area contributed by atoms with Crippen molar-refractivity contribution in [3.63, 3.8) is 0 Å². The average molecular weight is 329 g/mol. The van der Waals surface area contributed by atoms with Crippen molar-refractivity contribution < 1.29 is 14.1 Å². The van der Waals surface area contributed by atoms with E-state index in [9.17, 15) is 9.59 Å². The number of nitrogens with one attached hydrogen (secondary N) is 1. The first-order valence-corrected chi connectivity index (χ1v) is 7.92. The van der Waals surface area contributed by atoms with Gasteiger partial charge in [0, 0.05) is 23.7 Å². The molecule has 0 saturated heterocycles. The predicted molar refractivity (Wildman–Crippen MR) is 91.4 cm³/mol. The molecule has 0 aliphatic carbocycles. The van der Waals surface area contributed by atoms with Crippen molar-refractivity contribution in [2.75, 3.05) is 13.1 Å². The van der Waals surface area contributed by atoms with E-state index in [-0.39, 0.29) is 29.6 Å². The molecule has 0 unspecified atom stereocenters. The standard InChI is InChI=1S/C18H23N3O3/c1-5-21(12-16(22)19-18(2,3)4)17(23)14-11-15(24-20-14)13-9-7-6-8-10-13/h6-11H,5,12H2,1-4H3,(H,19,22). The number of carbonyl (C=O) groups excluding carboxylic acids is 2. The van der Waals surface area contributed by atoms with Crippen LogP contribution >= 0.6 is 0 Å². The molecule has 0 spiro atoms. The molecule has 2 aromatic rings. The first kappa shape index (κ1) is 17.7. The van der Waals surface area contributed by atoms with Gasteiger partial charge in [0.1, 0.15) is 0 Å². The molecular formula is C18H23N3O3. The van der Waals surface area contributed by atoms with E-state index in [2.05, 4.69) is 10.5 Å².